The predicted molar refractivity (Wildman–Crippen MR) is 74.7 cm³/mol. The van der Waals surface area contributed by atoms with Crippen LogP contribution in [0.15, 0.2) is 48.5 Å². The highest BCUT2D eigenvalue weighted by Crippen LogP contribution is 2.12. The van der Waals surface area contributed by atoms with Gasteiger partial charge in [0, 0.05) is 12.7 Å². The molecule has 3 rings (SSSR count). The van der Waals surface area contributed by atoms with Gasteiger partial charge in [0.1, 0.15) is 19.0 Å². The Hall–Kier alpha value is -2.20. The lowest BCUT2D eigenvalue weighted by atomic mass is 10.2. The first-order chi connectivity index (χ1) is 9.79. The van der Waals surface area contributed by atoms with Crippen LogP contribution in [0.2, 0.25) is 0 Å². The molecule has 0 radical (unpaired) electrons. The molecule has 0 fully saturated rings. The molecule has 0 amide bonds. The molecule has 3 aromatic rings. The fourth-order valence-electron chi connectivity index (χ4n) is 2.41. The number of halogens is 1. The SMILES string of the molecule is COCc1[nH]c2ccccc2[n+]1Cc1ccccc1F. The number of aromatic nitrogens is 2. The van der Waals surface area contributed by atoms with Crippen molar-refractivity contribution in [1.29, 1.82) is 0 Å². The van der Waals surface area contributed by atoms with E-state index in [1.165, 1.54) is 6.07 Å². The molecule has 3 nitrogen and oxygen atoms in total. The van der Waals surface area contributed by atoms with Crippen molar-refractivity contribution in [3.05, 3.63) is 65.7 Å². The summed E-state index contributed by atoms with van der Waals surface area (Å²) < 4.78 is 21.1. The van der Waals surface area contributed by atoms with Crippen LogP contribution in [0.1, 0.15) is 11.4 Å². The molecule has 0 aliphatic carbocycles. The summed E-state index contributed by atoms with van der Waals surface area (Å²) in [6.07, 6.45) is 0. The summed E-state index contributed by atoms with van der Waals surface area (Å²) in [5.41, 5.74) is 2.73. The van der Waals surface area contributed by atoms with Crippen LogP contribution in [0.3, 0.4) is 0 Å². The van der Waals surface area contributed by atoms with Gasteiger partial charge in [-0.3, -0.25) is 0 Å². The summed E-state index contributed by atoms with van der Waals surface area (Å²) in [5, 5.41) is 0. The molecular weight excluding hydrogens is 255 g/mol. The number of benzene rings is 2. The predicted octanol–water partition coefficient (Wildman–Crippen LogP) is 2.79. The Morgan fingerprint density at radius 1 is 1.10 bits per heavy atom. The Bertz CT molecular complexity index is 736. The average molecular weight is 271 g/mol. The van der Waals surface area contributed by atoms with Crippen molar-refractivity contribution in [3.8, 4) is 0 Å². The molecule has 0 atom stereocenters. The van der Waals surface area contributed by atoms with Crippen molar-refractivity contribution in [1.82, 2.24) is 4.98 Å². The maximum Gasteiger partial charge on any atom is 0.281 e. The summed E-state index contributed by atoms with van der Waals surface area (Å²) >= 11 is 0. The first-order valence-electron chi connectivity index (χ1n) is 6.51. The van der Waals surface area contributed by atoms with Crippen LogP contribution < -0.4 is 4.57 Å². The minimum atomic E-state index is -0.186. The summed E-state index contributed by atoms with van der Waals surface area (Å²) in [7, 11) is 1.65. The maximum atomic E-state index is 13.8. The van der Waals surface area contributed by atoms with Gasteiger partial charge in [0.05, 0.1) is 0 Å². The van der Waals surface area contributed by atoms with E-state index in [1.807, 2.05) is 30.3 Å². The number of rotatable bonds is 4. The number of H-pyrrole nitrogens is 1. The molecule has 0 saturated heterocycles. The Morgan fingerprint density at radius 2 is 1.85 bits per heavy atom. The van der Waals surface area contributed by atoms with Gasteiger partial charge in [-0.2, -0.15) is 0 Å². The number of nitrogens with zero attached hydrogens (tertiary/aromatic N) is 1. The summed E-state index contributed by atoms with van der Waals surface area (Å²) in [6.45, 7) is 0.943. The van der Waals surface area contributed by atoms with Crippen LogP contribution in [0, 0.1) is 5.82 Å². The van der Waals surface area contributed by atoms with Crippen LogP contribution in [0.5, 0.6) is 0 Å². The van der Waals surface area contributed by atoms with Crippen LogP contribution in [0.4, 0.5) is 4.39 Å². The largest absolute Gasteiger partial charge is 0.372 e. The number of nitrogens with one attached hydrogen (secondary N) is 1. The Labute approximate surface area is 116 Å². The smallest absolute Gasteiger partial charge is 0.281 e. The zero-order chi connectivity index (χ0) is 13.9. The lowest BCUT2D eigenvalue weighted by Gasteiger charge is -2.03. The second kappa shape index (κ2) is 5.43. The Kier molecular flexibility index (Phi) is 3.48. The summed E-state index contributed by atoms with van der Waals surface area (Å²) in [5.74, 6) is 0.741. The van der Waals surface area contributed by atoms with E-state index in [-0.39, 0.29) is 5.82 Å². The van der Waals surface area contributed by atoms with Crippen LogP contribution in [-0.4, -0.2) is 12.1 Å². The minimum Gasteiger partial charge on any atom is -0.372 e. The van der Waals surface area contributed by atoms with Crippen molar-refractivity contribution in [2.45, 2.75) is 13.2 Å². The molecule has 0 aliphatic heterocycles. The summed E-state index contributed by atoms with van der Waals surface area (Å²) in [4.78, 5) is 3.32. The second-order valence-corrected chi connectivity index (χ2v) is 4.70. The maximum absolute atomic E-state index is 13.8. The van der Waals surface area contributed by atoms with Crippen LogP contribution in [0.25, 0.3) is 11.0 Å². The molecule has 1 heterocycles. The standard InChI is InChI=1S/C16H15FN2O/c1-20-11-16-18-14-8-4-5-9-15(14)19(16)10-12-6-2-3-7-13(12)17/h2-9H,10-11H2,1H3/p+1. The monoisotopic (exact) mass is 271 g/mol. The molecule has 1 N–H and O–H groups in total. The number of hydrogen-bond acceptors (Lipinski definition) is 1. The topological polar surface area (TPSA) is 28.9 Å². The first-order valence-corrected chi connectivity index (χ1v) is 6.51. The third-order valence-electron chi connectivity index (χ3n) is 3.37. The van der Waals surface area contributed by atoms with Gasteiger partial charge in [-0.25, -0.2) is 13.9 Å². The van der Waals surface area contributed by atoms with Crippen molar-refractivity contribution < 1.29 is 13.7 Å². The van der Waals surface area contributed by atoms with Crippen LogP contribution in [-0.2, 0) is 17.9 Å². The van der Waals surface area contributed by atoms with Crippen molar-refractivity contribution in [3.63, 3.8) is 0 Å². The fourth-order valence-corrected chi connectivity index (χ4v) is 2.41. The molecule has 1 aromatic heterocycles. The molecule has 20 heavy (non-hydrogen) atoms. The highest BCUT2D eigenvalue weighted by Gasteiger charge is 2.19. The van der Waals surface area contributed by atoms with Gasteiger partial charge < -0.3 is 4.74 Å². The van der Waals surface area contributed by atoms with Crippen molar-refractivity contribution in [2.24, 2.45) is 0 Å². The Balaban J connectivity index is 2.09. The number of fused-ring (bicyclic) bond motifs is 1. The lowest BCUT2D eigenvalue weighted by molar-refractivity contribution is -0.672. The number of aromatic amines is 1. The van der Waals surface area contributed by atoms with Gasteiger partial charge >= 0.3 is 0 Å². The molecule has 0 unspecified atom stereocenters. The van der Waals surface area contributed by atoms with E-state index in [2.05, 4.69) is 9.55 Å². The van der Waals surface area contributed by atoms with Crippen LogP contribution >= 0.6 is 0 Å². The van der Waals surface area contributed by atoms with Crippen molar-refractivity contribution in [2.75, 3.05) is 7.11 Å². The van der Waals surface area contributed by atoms with Gasteiger partial charge in [0.15, 0.2) is 11.0 Å². The molecular formula is C16H16FN2O+. The summed E-state index contributed by atoms with van der Waals surface area (Å²) in [6, 6.07) is 14.8. The van der Waals surface area contributed by atoms with Crippen molar-refractivity contribution >= 4 is 11.0 Å². The van der Waals surface area contributed by atoms with E-state index < -0.39 is 0 Å². The van der Waals surface area contributed by atoms with E-state index in [0.29, 0.717) is 18.7 Å². The molecule has 0 aliphatic rings. The highest BCUT2D eigenvalue weighted by atomic mass is 19.1. The molecule has 0 saturated carbocycles. The lowest BCUT2D eigenvalue weighted by Crippen LogP contribution is -2.38. The molecule has 4 heteroatoms. The zero-order valence-electron chi connectivity index (χ0n) is 11.3. The number of para-hydroxylation sites is 2. The zero-order valence-corrected chi connectivity index (χ0v) is 11.3. The highest BCUT2D eigenvalue weighted by molar-refractivity contribution is 5.71. The number of ether oxygens (including phenoxy) is 1. The Morgan fingerprint density at radius 3 is 2.65 bits per heavy atom. The van der Waals surface area contributed by atoms with E-state index in [9.17, 15) is 4.39 Å². The third-order valence-corrected chi connectivity index (χ3v) is 3.37. The third kappa shape index (κ3) is 2.30. The van der Waals surface area contributed by atoms with E-state index in [0.717, 1.165) is 16.9 Å². The second-order valence-electron chi connectivity index (χ2n) is 4.70. The normalized spacial score (nSPS) is 11.1. The van der Waals surface area contributed by atoms with E-state index in [1.54, 1.807) is 19.2 Å². The minimum absolute atomic E-state index is 0.186. The molecule has 0 bridgehead atoms. The average Bonchev–Trinajstić information content (AvgIpc) is 2.80. The molecule has 2 aromatic carbocycles. The molecule has 102 valence electrons. The first kappa shape index (κ1) is 12.8. The number of imidazole rings is 1. The number of hydrogen-bond donors (Lipinski definition) is 1. The van der Waals surface area contributed by atoms with E-state index >= 15 is 0 Å². The van der Waals surface area contributed by atoms with E-state index in [4.69, 9.17) is 4.74 Å². The van der Waals surface area contributed by atoms with Gasteiger partial charge in [-0.1, -0.05) is 30.3 Å². The van der Waals surface area contributed by atoms with Gasteiger partial charge in [0.25, 0.3) is 5.82 Å². The quantitative estimate of drug-likeness (QED) is 0.726. The van der Waals surface area contributed by atoms with Gasteiger partial charge in [-0.15, -0.1) is 0 Å². The number of methoxy groups -OCH3 is 1. The fraction of sp³-hybridized carbons (Fsp3) is 0.188. The van der Waals surface area contributed by atoms with Gasteiger partial charge in [-0.05, 0) is 18.2 Å². The molecule has 0 spiro atoms. The van der Waals surface area contributed by atoms with Gasteiger partial charge in [0.2, 0.25) is 0 Å².